The minimum absolute atomic E-state index is 0.0485. The van der Waals surface area contributed by atoms with Gasteiger partial charge in [-0.15, -0.1) is 0 Å². The van der Waals surface area contributed by atoms with Crippen LogP contribution in [-0.4, -0.2) is 11.0 Å². The van der Waals surface area contributed by atoms with Crippen LogP contribution in [0.25, 0.3) is 0 Å². The van der Waals surface area contributed by atoms with E-state index < -0.39 is 0 Å². The standard InChI is InChI=1S/C15H17NO2/c17-9-12-3-1-2-4-14(12)16-15(18)13-8-10-5-6-11(13)7-10/h1-6,10-11,13,17H,7-9H2,(H,16,18). The van der Waals surface area contributed by atoms with Crippen molar-refractivity contribution in [2.24, 2.45) is 17.8 Å². The molecule has 3 unspecified atom stereocenters. The van der Waals surface area contributed by atoms with Crippen LogP contribution in [0.15, 0.2) is 36.4 Å². The molecule has 3 atom stereocenters. The summed E-state index contributed by atoms with van der Waals surface area (Å²) in [6.07, 6.45) is 6.50. The second kappa shape index (κ2) is 4.58. The molecule has 18 heavy (non-hydrogen) atoms. The van der Waals surface area contributed by atoms with Crippen LogP contribution in [0.2, 0.25) is 0 Å². The first-order chi connectivity index (χ1) is 8.78. The van der Waals surface area contributed by atoms with E-state index in [0.717, 1.165) is 24.1 Å². The SMILES string of the molecule is O=C(Nc1ccccc1CO)C1CC2C=CC1C2. The van der Waals surface area contributed by atoms with E-state index in [4.69, 9.17) is 0 Å². The summed E-state index contributed by atoms with van der Waals surface area (Å²) >= 11 is 0. The number of carbonyl (C=O) groups excluding carboxylic acids is 1. The van der Waals surface area contributed by atoms with Gasteiger partial charge in [0.05, 0.1) is 6.61 Å². The van der Waals surface area contributed by atoms with Gasteiger partial charge in [0.1, 0.15) is 0 Å². The molecule has 1 amide bonds. The highest BCUT2D eigenvalue weighted by atomic mass is 16.3. The van der Waals surface area contributed by atoms with Crippen molar-refractivity contribution in [3.63, 3.8) is 0 Å². The van der Waals surface area contributed by atoms with Gasteiger partial charge in [0.15, 0.2) is 0 Å². The van der Waals surface area contributed by atoms with Gasteiger partial charge in [0.25, 0.3) is 0 Å². The minimum atomic E-state index is -0.0485. The summed E-state index contributed by atoms with van der Waals surface area (Å²) in [6, 6.07) is 7.40. The molecular formula is C15H17NO2. The van der Waals surface area contributed by atoms with Gasteiger partial charge in [-0.25, -0.2) is 0 Å². The Bertz CT molecular complexity index is 495. The van der Waals surface area contributed by atoms with E-state index in [1.54, 1.807) is 0 Å². The predicted molar refractivity (Wildman–Crippen MR) is 69.8 cm³/mol. The summed E-state index contributed by atoms with van der Waals surface area (Å²) in [4.78, 5) is 12.2. The molecule has 2 bridgehead atoms. The summed E-state index contributed by atoms with van der Waals surface area (Å²) in [5.41, 5.74) is 1.50. The largest absolute Gasteiger partial charge is 0.392 e. The number of anilines is 1. The maximum atomic E-state index is 12.2. The molecule has 2 aliphatic rings. The molecule has 1 saturated carbocycles. The maximum Gasteiger partial charge on any atom is 0.228 e. The fraction of sp³-hybridized carbons (Fsp3) is 0.400. The molecular weight excluding hydrogens is 226 g/mol. The van der Waals surface area contributed by atoms with Gasteiger partial charge < -0.3 is 10.4 Å². The summed E-state index contributed by atoms with van der Waals surface area (Å²) < 4.78 is 0. The van der Waals surface area contributed by atoms with Crippen LogP contribution in [0, 0.1) is 17.8 Å². The maximum absolute atomic E-state index is 12.2. The number of benzene rings is 1. The van der Waals surface area contributed by atoms with Gasteiger partial charge in [-0.05, 0) is 30.7 Å². The Morgan fingerprint density at radius 2 is 2.11 bits per heavy atom. The fourth-order valence-corrected chi connectivity index (χ4v) is 3.09. The first kappa shape index (κ1) is 11.5. The molecule has 0 heterocycles. The molecule has 0 radical (unpaired) electrons. The molecule has 0 saturated heterocycles. The van der Waals surface area contributed by atoms with Gasteiger partial charge >= 0.3 is 0 Å². The Kier molecular flexibility index (Phi) is 2.92. The Balaban J connectivity index is 1.73. The van der Waals surface area contributed by atoms with Crippen LogP contribution >= 0.6 is 0 Å². The van der Waals surface area contributed by atoms with Crippen LogP contribution in [0.3, 0.4) is 0 Å². The Morgan fingerprint density at radius 1 is 1.28 bits per heavy atom. The normalized spacial score (nSPS) is 28.6. The number of aliphatic hydroxyl groups is 1. The van der Waals surface area contributed by atoms with E-state index in [9.17, 15) is 9.90 Å². The van der Waals surface area contributed by atoms with Crippen LogP contribution in [0.1, 0.15) is 18.4 Å². The predicted octanol–water partition coefficient (Wildman–Crippen LogP) is 2.33. The Hall–Kier alpha value is -1.61. The highest BCUT2D eigenvalue weighted by Gasteiger charge is 2.39. The van der Waals surface area contributed by atoms with E-state index in [2.05, 4.69) is 17.5 Å². The first-order valence-corrected chi connectivity index (χ1v) is 6.46. The molecule has 0 spiro atoms. The van der Waals surface area contributed by atoms with Crippen molar-refractivity contribution in [2.75, 3.05) is 5.32 Å². The third-order valence-electron chi connectivity index (χ3n) is 4.06. The zero-order valence-corrected chi connectivity index (χ0v) is 10.2. The van der Waals surface area contributed by atoms with Crippen molar-refractivity contribution in [3.8, 4) is 0 Å². The van der Waals surface area contributed by atoms with Gasteiger partial charge in [0.2, 0.25) is 5.91 Å². The first-order valence-electron chi connectivity index (χ1n) is 6.46. The lowest BCUT2D eigenvalue weighted by atomic mass is 9.92. The van der Waals surface area contributed by atoms with E-state index in [-0.39, 0.29) is 18.4 Å². The highest BCUT2D eigenvalue weighted by Crippen LogP contribution is 2.43. The van der Waals surface area contributed by atoms with Crippen molar-refractivity contribution in [2.45, 2.75) is 19.4 Å². The quantitative estimate of drug-likeness (QED) is 0.800. The van der Waals surface area contributed by atoms with Gasteiger partial charge in [-0.3, -0.25) is 4.79 Å². The van der Waals surface area contributed by atoms with Crippen molar-refractivity contribution in [1.29, 1.82) is 0 Å². The minimum Gasteiger partial charge on any atom is -0.392 e. The number of nitrogens with one attached hydrogen (secondary N) is 1. The number of fused-ring (bicyclic) bond motifs is 2. The smallest absolute Gasteiger partial charge is 0.228 e. The van der Waals surface area contributed by atoms with Crippen LogP contribution in [-0.2, 0) is 11.4 Å². The van der Waals surface area contributed by atoms with E-state index >= 15 is 0 Å². The number of amides is 1. The van der Waals surface area contributed by atoms with Crippen molar-refractivity contribution in [1.82, 2.24) is 0 Å². The molecule has 2 N–H and O–H groups in total. The lowest BCUT2D eigenvalue weighted by Crippen LogP contribution is -2.26. The van der Waals surface area contributed by atoms with Crippen molar-refractivity contribution < 1.29 is 9.90 Å². The monoisotopic (exact) mass is 243 g/mol. The average molecular weight is 243 g/mol. The molecule has 94 valence electrons. The molecule has 3 nitrogen and oxygen atoms in total. The molecule has 0 aliphatic heterocycles. The number of hydrogen-bond donors (Lipinski definition) is 2. The number of rotatable bonds is 3. The number of hydrogen-bond acceptors (Lipinski definition) is 2. The van der Waals surface area contributed by atoms with Crippen molar-refractivity contribution >= 4 is 11.6 Å². The van der Waals surface area contributed by atoms with Gasteiger partial charge in [-0.2, -0.15) is 0 Å². The zero-order valence-electron chi connectivity index (χ0n) is 10.2. The molecule has 1 aromatic carbocycles. The average Bonchev–Trinajstić information content (AvgIpc) is 3.01. The third kappa shape index (κ3) is 1.95. The summed E-state index contributed by atoms with van der Waals surface area (Å²) in [5.74, 6) is 1.20. The van der Waals surface area contributed by atoms with E-state index in [1.807, 2.05) is 24.3 Å². The highest BCUT2D eigenvalue weighted by molar-refractivity contribution is 5.94. The van der Waals surface area contributed by atoms with Crippen molar-refractivity contribution in [3.05, 3.63) is 42.0 Å². The van der Waals surface area contributed by atoms with Crippen LogP contribution in [0.4, 0.5) is 5.69 Å². The topological polar surface area (TPSA) is 49.3 Å². The third-order valence-corrected chi connectivity index (χ3v) is 4.06. The van der Waals surface area contributed by atoms with E-state index in [1.165, 1.54) is 0 Å². The zero-order chi connectivity index (χ0) is 12.5. The van der Waals surface area contributed by atoms with E-state index in [0.29, 0.717) is 11.8 Å². The fourth-order valence-electron chi connectivity index (χ4n) is 3.09. The Morgan fingerprint density at radius 3 is 2.78 bits per heavy atom. The van der Waals surface area contributed by atoms with Crippen LogP contribution < -0.4 is 5.32 Å². The second-order valence-electron chi connectivity index (χ2n) is 5.19. The number of allylic oxidation sites excluding steroid dienone is 2. The van der Waals surface area contributed by atoms with Crippen LogP contribution in [0.5, 0.6) is 0 Å². The lowest BCUT2D eigenvalue weighted by molar-refractivity contribution is -0.120. The summed E-state index contributed by atoms with van der Waals surface area (Å²) in [5, 5.41) is 12.2. The van der Waals surface area contributed by atoms with Gasteiger partial charge in [-0.1, -0.05) is 30.4 Å². The molecule has 3 heteroatoms. The molecule has 2 aliphatic carbocycles. The molecule has 1 fully saturated rings. The molecule has 1 aromatic rings. The number of carbonyl (C=O) groups is 1. The van der Waals surface area contributed by atoms with Gasteiger partial charge in [0, 0.05) is 17.2 Å². The number of aliphatic hydroxyl groups excluding tert-OH is 1. The molecule has 3 rings (SSSR count). The lowest BCUT2D eigenvalue weighted by Gasteiger charge is -2.18. The number of para-hydroxylation sites is 1. The summed E-state index contributed by atoms with van der Waals surface area (Å²) in [7, 11) is 0. The Labute approximate surface area is 107 Å². The second-order valence-corrected chi connectivity index (χ2v) is 5.19. The summed E-state index contributed by atoms with van der Waals surface area (Å²) in [6.45, 7) is -0.0485. The molecule has 0 aromatic heterocycles.